The van der Waals surface area contributed by atoms with Crippen LogP contribution < -0.4 is 10.5 Å². The summed E-state index contributed by atoms with van der Waals surface area (Å²) < 4.78 is 6.16. The molecule has 104 valence electrons. The Balaban J connectivity index is 1.82. The SMILES string of the molecule is Cc1cc(C)cc(OC2CCc3ccccc3C2N)c1. The molecular weight excluding hydrogens is 246 g/mol. The highest BCUT2D eigenvalue weighted by molar-refractivity contribution is 5.36. The number of ether oxygens (including phenoxy) is 1. The lowest BCUT2D eigenvalue weighted by molar-refractivity contribution is 0.153. The molecule has 0 bridgehead atoms. The van der Waals surface area contributed by atoms with Crippen LogP contribution in [0.25, 0.3) is 0 Å². The maximum atomic E-state index is 6.39. The van der Waals surface area contributed by atoms with Gasteiger partial charge in [-0.3, -0.25) is 0 Å². The van der Waals surface area contributed by atoms with Gasteiger partial charge >= 0.3 is 0 Å². The molecule has 2 heteroatoms. The number of hydrogen-bond acceptors (Lipinski definition) is 2. The van der Waals surface area contributed by atoms with Gasteiger partial charge in [-0.25, -0.2) is 0 Å². The summed E-state index contributed by atoms with van der Waals surface area (Å²) in [7, 11) is 0. The summed E-state index contributed by atoms with van der Waals surface area (Å²) in [6.07, 6.45) is 2.08. The molecule has 1 aliphatic rings. The molecule has 0 aliphatic heterocycles. The van der Waals surface area contributed by atoms with Gasteiger partial charge in [-0.15, -0.1) is 0 Å². The van der Waals surface area contributed by atoms with E-state index in [4.69, 9.17) is 10.5 Å². The summed E-state index contributed by atoms with van der Waals surface area (Å²) in [6.45, 7) is 4.19. The largest absolute Gasteiger partial charge is 0.488 e. The fourth-order valence-corrected chi connectivity index (χ4v) is 3.07. The van der Waals surface area contributed by atoms with E-state index in [0.29, 0.717) is 0 Å². The second-order valence-electron chi connectivity index (χ2n) is 5.74. The smallest absolute Gasteiger partial charge is 0.120 e. The van der Waals surface area contributed by atoms with Crippen molar-refractivity contribution in [2.75, 3.05) is 0 Å². The van der Waals surface area contributed by atoms with Crippen molar-refractivity contribution in [2.24, 2.45) is 5.73 Å². The normalized spacial score (nSPS) is 21.4. The third-order valence-electron chi connectivity index (χ3n) is 4.00. The Hall–Kier alpha value is -1.80. The zero-order valence-corrected chi connectivity index (χ0v) is 12.1. The number of aryl methyl sites for hydroxylation is 3. The predicted molar refractivity (Wildman–Crippen MR) is 82.0 cm³/mol. The number of hydrogen-bond donors (Lipinski definition) is 1. The minimum Gasteiger partial charge on any atom is -0.488 e. The lowest BCUT2D eigenvalue weighted by atomic mass is 9.86. The van der Waals surface area contributed by atoms with Crippen molar-refractivity contribution in [3.05, 3.63) is 64.7 Å². The summed E-state index contributed by atoms with van der Waals surface area (Å²) in [5.41, 5.74) is 11.4. The van der Waals surface area contributed by atoms with Gasteiger partial charge in [0.25, 0.3) is 0 Å². The molecule has 0 aromatic heterocycles. The van der Waals surface area contributed by atoms with Crippen LogP contribution in [0.1, 0.15) is 34.7 Å². The Morgan fingerprint density at radius 1 is 1.05 bits per heavy atom. The molecule has 2 N–H and O–H groups in total. The van der Waals surface area contributed by atoms with Crippen molar-refractivity contribution < 1.29 is 4.74 Å². The summed E-state index contributed by atoms with van der Waals surface area (Å²) in [4.78, 5) is 0. The maximum absolute atomic E-state index is 6.39. The fourth-order valence-electron chi connectivity index (χ4n) is 3.07. The number of nitrogens with two attached hydrogens (primary N) is 1. The molecule has 0 saturated carbocycles. The van der Waals surface area contributed by atoms with E-state index >= 15 is 0 Å². The molecule has 2 unspecified atom stereocenters. The zero-order valence-electron chi connectivity index (χ0n) is 12.1. The van der Waals surface area contributed by atoms with Crippen molar-refractivity contribution in [3.63, 3.8) is 0 Å². The second kappa shape index (κ2) is 5.29. The van der Waals surface area contributed by atoms with E-state index in [0.717, 1.165) is 18.6 Å². The van der Waals surface area contributed by atoms with Gasteiger partial charge in [0.1, 0.15) is 11.9 Å². The van der Waals surface area contributed by atoms with Crippen LogP contribution in [-0.2, 0) is 6.42 Å². The molecule has 0 radical (unpaired) electrons. The maximum Gasteiger partial charge on any atom is 0.120 e. The Morgan fingerprint density at radius 3 is 2.50 bits per heavy atom. The van der Waals surface area contributed by atoms with Gasteiger partial charge in [0.2, 0.25) is 0 Å². The highest BCUT2D eigenvalue weighted by Crippen LogP contribution is 2.31. The van der Waals surface area contributed by atoms with E-state index in [9.17, 15) is 0 Å². The van der Waals surface area contributed by atoms with Gasteiger partial charge in [0.05, 0.1) is 6.04 Å². The zero-order chi connectivity index (χ0) is 14.1. The van der Waals surface area contributed by atoms with Crippen LogP contribution in [0.3, 0.4) is 0 Å². The first-order chi connectivity index (χ1) is 9.63. The van der Waals surface area contributed by atoms with Crippen LogP contribution in [0.2, 0.25) is 0 Å². The summed E-state index contributed by atoms with van der Waals surface area (Å²) >= 11 is 0. The number of rotatable bonds is 2. The quantitative estimate of drug-likeness (QED) is 0.900. The molecule has 0 saturated heterocycles. The average molecular weight is 267 g/mol. The van der Waals surface area contributed by atoms with E-state index in [1.165, 1.54) is 22.3 Å². The Morgan fingerprint density at radius 2 is 1.75 bits per heavy atom. The van der Waals surface area contributed by atoms with Crippen LogP contribution in [-0.4, -0.2) is 6.10 Å². The van der Waals surface area contributed by atoms with Crippen LogP contribution >= 0.6 is 0 Å². The summed E-state index contributed by atoms with van der Waals surface area (Å²) in [6, 6.07) is 14.7. The second-order valence-corrected chi connectivity index (χ2v) is 5.74. The number of fused-ring (bicyclic) bond motifs is 1. The van der Waals surface area contributed by atoms with Crippen molar-refractivity contribution in [1.29, 1.82) is 0 Å². The van der Waals surface area contributed by atoms with Crippen LogP contribution in [0.5, 0.6) is 5.75 Å². The molecule has 1 aliphatic carbocycles. The minimum absolute atomic E-state index is 0.0410. The lowest BCUT2D eigenvalue weighted by Crippen LogP contribution is -2.35. The average Bonchev–Trinajstić information content (AvgIpc) is 2.41. The topological polar surface area (TPSA) is 35.2 Å². The van der Waals surface area contributed by atoms with E-state index in [2.05, 4.69) is 56.3 Å². The Labute approximate surface area is 120 Å². The molecule has 0 heterocycles. The molecule has 3 rings (SSSR count). The highest BCUT2D eigenvalue weighted by atomic mass is 16.5. The number of benzene rings is 2. The van der Waals surface area contributed by atoms with Gasteiger partial charge < -0.3 is 10.5 Å². The molecule has 2 nitrogen and oxygen atoms in total. The van der Waals surface area contributed by atoms with Crippen molar-refractivity contribution in [1.82, 2.24) is 0 Å². The van der Waals surface area contributed by atoms with E-state index in [1.807, 2.05) is 0 Å². The molecule has 2 atom stereocenters. The molecular formula is C18H21NO. The first kappa shape index (κ1) is 13.2. The molecule has 2 aromatic carbocycles. The highest BCUT2D eigenvalue weighted by Gasteiger charge is 2.27. The fraction of sp³-hybridized carbons (Fsp3) is 0.333. The van der Waals surface area contributed by atoms with E-state index in [-0.39, 0.29) is 12.1 Å². The summed E-state index contributed by atoms with van der Waals surface area (Å²) in [5, 5.41) is 0. The molecule has 0 spiro atoms. The summed E-state index contributed by atoms with van der Waals surface area (Å²) in [5.74, 6) is 0.933. The first-order valence-electron chi connectivity index (χ1n) is 7.22. The Kier molecular flexibility index (Phi) is 3.49. The minimum atomic E-state index is -0.0410. The monoisotopic (exact) mass is 267 g/mol. The van der Waals surface area contributed by atoms with Crippen LogP contribution in [0.15, 0.2) is 42.5 Å². The lowest BCUT2D eigenvalue weighted by Gasteiger charge is -2.31. The molecule has 0 fully saturated rings. The standard InChI is InChI=1S/C18H21NO/c1-12-9-13(2)11-15(10-12)20-17-8-7-14-5-3-4-6-16(14)18(17)19/h3-6,9-11,17-18H,7-8,19H2,1-2H3. The Bertz CT molecular complexity index is 600. The van der Waals surface area contributed by atoms with Gasteiger partial charge in [-0.2, -0.15) is 0 Å². The van der Waals surface area contributed by atoms with Gasteiger partial charge in [0.15, 0.2) is 0 Å². The third-order valence-corrected chi connectivity index (χ3v) is 4.00. The molecule has 20 heavy (non-hydrogen) atoms. The third kappa shape index (κ3) is 2.56. The van der Waals surface area contributed by atoms with Crippen molar-refractivity contribution >= 4 is 0 Å². The molecule has 2 aromatic rings. The van der Waals surface area contributed by atoms with Crippen LogP contribution in [0, 0.1) is 13.8 Å². The van der Waals surface area contributed by atoms with Crippen molar-refractivity contribution in [3.8, 4) is 5.75 Å². The molecule has 0 amide bonds. The van der Waals surface area contributed by atoms with Gasteiger partial charge in [0, 0.05) is 0 Å². The van der Waals surface area contributed by atoms with Gasteiger partial charge in [-0.1, -0.05) is 30.3 Å². The van der Waals surface area contributed by atoms with Crippen molar-refractivity contribution in [2.45, 2.75) is 38.8 Å². The van der Waals surface area contributed by atoms with E-state index in [1.54, 1.807) is 0 Å². The first-order valence-corrected chi connectivity index (χ1v) is 7.22. The van der Waals surface area contributed by atoms with Crippen LogP contribution in [0.4, 0.5) is 0 Å². The predicted octanol–water partition coefficient (Wildman–Crippen LogP) is 3.70. The van der Waals surface area contributed by atoms with E-state index < -0.39 is 0 Å². The van der Waals surface area contributed by atoms with Gasteiger partial charge in [-0.05, 0) is 61.1 Å².